The van der Waals surface area contributed by atoms with Gasteiger partial charge in [0.05, 0.1) is 39.7 Å². The Kier molecular flexibility index (Phi) is 8.79. The highest BCUT2D eigenvalue weighted by Gasteiger charge is 2.36. The van der Waals surface area contributed by atoms with Crippen molar-refractivity contribution < 1.29 is 23.7 Å². The molecule has 1 aromatic heterocycles. The molecule has 1 aliphatic heterocycles. The van der Waals surface area contributed by atoms with Crippen molar-refractivity contribution in [3.05, 3.63) is 88.1 Å². The SMILES string of the molecule is COc1ccccc1NC(=O)C1=C(C)Nc2nc(SCc3ccc(Cl)cc3)nn2C1c1cc(OC)c(OC)c(OC)c1. The molecule has 3 aromatic carbocycles. The molecule has 1 atom stereocenters. The monoisotopic (exact) mass is 607 g/mol. The Morgan fingerprint density at radius 3 is 2.29 bits per heavy atom. The molecule has 2 heterocycles. The molecule has 0 spiro atoms. The molecule has 2 N–H and O–H groups in total. The number of methoxy groups -OCH3 is 4. The molecule has 0 radical (unpaired) electrons. The van der Waals surface area contributed by atoms with Crippen molar-refractivity contribution in [3.63, 3.8) is 0 Å². The maximum Gasteiger partial charge on any atom is 0.255 e. The van der Waals surface area contributed by atoms with Gasteiger partial charge < -0.3 is 29.6 Å². The third-order valence-electron chi connectivity index (χ3n) is 6.72. The van der Waals surface area contributed by atoms with E-state index in [0.717, 1.165) is 5.56 Å². The van der Waals surface area contributed by atoms with Crippen LogP contribution in [-0.2, 0) is 10.5 Å². The standard InChI is InChI=1S/C30H30ClN5O5S/c1-17-25(28(37)33-21-8-6-7-9-22(21)38-2)26(19-14-23(39-3)27(41-5)24(15-19)40-4)36-29(32-17)34-30(35-36)42-16-18-10-12-20(31)13-11-18/h6-15,26H,16H2,1-5H3,(H,33,37)(H,32,34,35). The minimum absolute atomic E-state index is 0.334. The van der Waals surface area contributed by atoms with Crippen molar-refractivity contribution in [2.75, 3.05) is 39.1 Å². The minimum atomic E-state index is -0.679. The second kappa shape index (κ2) is 12.7. The quantitative estimate of drug-likeness (QED) is 0.204. The smallest absolute Gasteiger partial charge is 0.255 e. The van der Waals surface area contributed by atoms with E-state index in [1.165, 1.54) is 11.8 Å². The van der Waals surface area contributed by atoms with E-state index in [9.17, 15) is 4.79 Å². The predicted octanol–water partition coefficient (Wildman–Crippen LogP) is 6.19. The number of rotatable bonds is 10. The third kappa shape index (κ3) is 5.83. The summed E-state index contributed by atoms with van der Waals surface area (Å²) >= 11 is 7.52. The number of carbonyl (C=O) groups is 1. The molecule has 42 heavy (non-hydrogen) atoms. The average molecular weight is 608 g/mol. The lowest BCUT2D eigenvalue weighted by Crippen LogP contribution is -2.31. The summed E-state index contributed by atoms with van der Waals surface area (Å²) in [4.78, 5) is 18.7. The Labute approximate surface area is 253 Å². The van der Waals surface area contributed by atoms with E-state index >= 15 is 0 Å². The van der Waals surface area contributed by atoms with Crippen molar-refractivity contribution in [3.8, 4) is 23.0 Å². The van der Waals surface area contributed by atoms with E-state index in [0.29, 0.717) is 67.4 Å². The van der Waals surface area contributed by atoms with E-state index in [1.807, 2.05) is 55.5 Å². The third-order valence-corrected chi connectivity index (χ3v) is 7.88. The summed E-state index contributed by atoms with van der Waals surface area (Å²) in [5.41, 5.74) is 3.36. The van der Waals surface area contributed by atoms with Gasteiger partial charge in [-0.1, -0.05) is 47.6 Å². The van der Waals surface area contributed by atoms with Crippen LogP contribution in [0.15, 0.2) is 77.1 Å². The maximum atomic E-state index is 14.0. The largest absolute Gasteiger partial charge is 0.495 e. The number of hydrogen-bond donors (Lipinski definition) is 2. The fourth-order valence-electron chi connectivity index (χ4n) is 4.72. The lowest BCUT2D eigenvalue weighted by molar-refractivity contribution is -0.113. The van der Waals surface area contributed by atoms with Crippen LogP contribution in [0.25, 0.3) is 0 Å². The van der Waals surface area contributed by atoms with Crippen molar-refractivity contribution in [2.24, 2.45) is 0 Å². The summed E-state index contributed by atoms with van der Waals surface area (Å²) < 4.78 is 24.0. The average Bonchev–Trinajstić information content (AvgIpc) is 3.41. The number of fused-ring (bicyclic) bond motifs is 1. The molecule has 5 rings (SSSR count). The number of nitrogens with zero attached hydrogens (tertiary/aromatic N) is 3. The Morgan fingerprint density at radius 2 is 1.64 bits per heavy atom. The highest BCUT2D eigenvalue weighted by atomic mass is 35.5. The highest BCUT2D eigenvalue weighted by molar-refractivity contribution is 7.98. The Hall–Kier alpha value is -4.35. The van der Waals surface area contributed by atoms with Gasteiger partial charge in [-0.15, -0.1) is 5.10 Å². The van der Waals surface area contributed by atoms with Gasteiger partial charge >= 0.3 is 0 Å². The molecule has 0 bridgehead atoms. The van der Waals surface area contributed by atoms with E-state index < -0.39 is 6.04 Å². The number of aromatic nitrogens is 3. The number of allylic oxidation sites excluding steroid dienone is 1. The topological polar surface area (TPSA) is 109 Å². The zero-order valence-electron chi connectivity index (χ0n) is 23.7. The molecule has 0 saturated carbocycles. The van der Waals surface area contributed by atoms with Crippen molar-refractivity contribution in [1.29, 1.82) is 0 Å². The van der Waals surface area contributed by atoms with Crippen LogP contribution < -0.4 is 29.6 Å². The van der Waals surface area contributed by atoms with Crippen molar-refractivity contribution in [2.45, 2.75) is 23.9 Å². The van der Waals surface area contributed by atoms with Gasteiger partial charge in [0, 0.05) is 16.5 Å². The van der Waals surface area contributed by atoms with Crippen molar-refractivity contribution >= 4 is 40.9 Å². The van der Waals surface area contributed by atoms with Crippen LogP contribution in [0, 0.1) is 0 Å². The molecular formula is C30H30ClN5O5S. The lowest BCUT2D eigenvalue weighted by Gasteiger charge is -2.29. The van der Waals surface area contributed by atoms with Crippen molar-refractivity contribution in [1.82, 2.24) is 14.8 Å². The normalized spacial score (nSPS) is 14.1. The number of carbonyl (C=O) groups excluding carboxylic acids is 1. The second-order valence-electron chi connectivity index (χ2n) is 9.26. The van der Waals surface area contributed by atoms with Gasteiger partial charge in [-0.25, -0.2) is 4.68 Å². The van der Waals surface area contributed by atoms with Crippen LogP contribution in [0.2, 0.25) is 5.02 Å². The summed E-state index contributed by atoms with van der Waals surface area (Å²) in [6.07, 6.45) is 0. The Morgan fingerprint density at radius 1 is 0.976 bits per heavy atom. The first-order chi connectivity index (χ1) is 20.4. The van der Waals surface area contributed by atoms with Gasteiger partial charge in [0.1, 0.15) is 11.8 Å². The molecule has 4 aromatic rings. The number of nitrogens with one attached hydrogen (secondary N) is 2. The second-order valence-corrected chi connectivity index (χ2v) is 10.6. The fraction of sp³-hybridized carbons (Fsp3) is 0.233. The van der Waals surface area contributed by atoms with Crippen LogP contribution in [0.5, 0.6) is 23.0 Å². The number of amides is 1. The maximum absolute atomic E-state index is 14.0. The van der Waals surface area contributed by atoms with Gasteiger partial charge in [-0.2, -0.15) is 4.98 Å². The lowest BCUT2D eigenvalue weighted by atomic mass is 9.94. The zero-order valence-corrected chi connectivity index (χ0v) is 25.3. The fourth-order valence-corrected chi connectivity index (χ4v) is 5.63. The molecule has 1 unspecified atom stereocenters. The van der Waals surface area contributed by atoms with E-state index in [2.05, 4.69) is 10.6 Å². The molecule has 1 aliphatic rings. The zero-order chi connectivity index (χ0) is 29.8. The number of ether oxygens (including phenoxy) is 4. The summed E-state index contributed by atoms with van der Waals surface area (Å²) in [6, 6.07) is 17.8. The van der Waals surface area contributed by atoms with E-state index in [1.54, 1.807) is 45.3 Å². The van der Waals surface area contributed by atoms with Crippen LogP contribution in [0.3, 0.4) is 0 Å². The highest BCUT2D eigenvalue weighted by Crippen LogP contribution is 2.44. The first-order valence-corrected chi connectivity index (χ1v) is 14.3. The van der Waals surface area contributed by atoms with Gasteiger partial charge in [-0.05, 0) is 54.4 Å². The molecule has 1 amide bonds. The molecule has 0 fully saturated rings. The van der Waals surface area contributed by atoms with Gasteiger partial charge in [-0.3, -0.25) is 4.79 Å². The first kappa shape index (κ1) is 29.2. The van der Waals surface area contributed by atoms with Gasteiger partial charge in [0.25, 0.3) is 5.91 Å². The van der Waals surface area contributed by atoms with E-state index in [4.69, 9.17) is 40.6 Å². The molecule has 10 nitrogen and oxygen atoms in total. The summed E-state index contributed by atoms with van der Waals surface area (Å²) in [7, 11) is 6.19. The molecule has 12 heteroatoms. The van der Waals surface area contributed by atoms with Gasteiger partial charge in [0.15, 0.2) is 11.5 Å². The van der Waals surface area contributed by atoms with E-state index in [-0.39, 0.29) is 5.91 Å². The van der Waals surface area contributed by atoms with Crippen LogP contribution in [-0.4, -0.2) is 49.1 Å². The number of para-hydroxylation sites is 2. The summed E-state index contributed by atoms with van der Waals surface area (Å²) in [5, 5.41) is 12.3. The molecular weight excluding hydrogens is 578 g/mol. The van der Waals surface area contributed by atoms with Crippen LogP contribution in [0.1, 0.15) is 24.1 Å². The summed E-state index contributed by atoms with van der Waals surface area (Å²) in [5.74, 6) is 2.69. The molecule has 0 aliphatic carbocycles. The molecule has 218 valence electrons. The predicted molar refractivity (Wildman–Crippen MR) is 163 cm³/mol. The molecule has 0 saturated heterocycles. The number of benzene rings is 3. The number of hydrogen-bond acceptors (Lipinski definition) is 9. The van der Waals surface area contributed by atoms with Crippen LogP contribution in [0.4, 0.5) is 11.6 Å². The minimum Gasteiger partial charge on any atom is -0.495 e. The number of anilines is 2. The Balaban J connectivity index is 1.58. The number of halogens is 1. The Bertz CT molecular complexity index is 1610. The first-order valence-electron chi connectivity index (χ1n) is 12.9. The number of thioether (sulfide) groups is 1. The van der Waals surface area contributed by atoms with Gasteiger partial charge in [0.2, 0.25) is 16.9 Å². The van der Waals surface area contributed by atoms with Crippen LogP contribution >= 0.6 is 23.4 Å². The summed E-state index contributed by atoms with van der Waals surface area (Å²) in [6.45, 7) is 1.83.